The van der Waals surface area contributed by atoms with Crippen LogP contribution in [0.4, 0.5) is 42.4 Å². The second kappa shape index (κ2) is 11.7. The molecule has 0 spiro atoms. The first-order chi connectivity index (χ1) is 19.9. The van der Waals surface area contributed by atoms with Gasteiger partial charge >= 0.3 is 12.4 Å². The highest BCUT2D eigenvalue weighted by atomic mass is 19.4. The summed E-state index contributed by atoms with van der Waals surface area (Å²) in [7, 11) is 0. The number of alkyl halides is 7. The van der Waals surface area contributed by atoms with Crippen LogP contribution in [-0.2, 0) is 32.1 Å². The predicted molar refractivity (Wildman–Crippen MR) is 142 cm³/mol. The van der Waals surface area contributed by atoms with Crippen LogP contribution < -0.4 is 15.5 Å². The van der Waals surface area contributed by atoms with Crippen molar-refractivity contribution in [2.45, 2.75) is 70.8 Å². The van der Waals surface area contributed by atoms with Crippen LogP contribution in [0.25, 0.3) is 0 Å². The van der Waals surface area contributed by atoms with Crippen LogP contribution in [0.2, 0.25) is 0 Å². The number of halogens is 7. The fourth-order valence-electron chi connectivity index (χ4n) is 5.61. The first-order valence-electron chi connectivity index (χ1n) is 13.8. The lowest BCUT2D eigenvalue weighted by molar-refractivity contribution is -0.138. The minimum absolute atomic E-state index is 0.0398. The van der Waals surface area contributed by atoms with E-state index in [2.05, 4.69) is 15.4 Å². The molecule has 14 heteroatoms. The van der Waals surface area contributed by atoms with Gasteiger partial charge in [0, 0.05) is 31.9 Å². The Labute approximate surface area is 238 Å². The van der Waals surface area contributed by atoms with Gasteiger partial charge < -0.3 is 15.5 Å². The molecule has 3 aromatic rings. The van der Waals surface area contributed by atoms with Crippen molar-refractivity contribution in [3.63, 3.8) is 0 Å². The van der Waals surface area contributed by atoms with Gasteiger partial charge in [0.25, 0.3) is 5.95 Å². The summed E-state index contributed by atoms with van der Waals surface area (Å²) in [6.45, 7) is 1.75. The topological polar surface area (TPSA) is 76.1 Å². The van der Waals surface area contributed by atoms with Crippen molar-refractivity contribution in [1.29, 1.82) is 0 Å². The number of rotatable bonds is 9. The van der Waals surface area contributed by atoms with E-state index in [9.17, 15) is 30.7 Å². The maximum atomic E-state index is 14.0. The number of hydrogen-bond acceptors (Lipinski definition) is 6. The fourth-order valence-corrected chi connectivity index (χ4v) is 5.61. The minimum atomic E-state index is -4.70. The van der Waals surface area contributed by atoms with E-state index in [0.717, 1.165) is 25.0 Å². The number of nitrogens with two attached hydrogens (primary N) is 1. The molecule has 1 aliphatic heterocycles. The molecule has 0 radical (unpaired) electrons. The van der Waals surface area contributed by atoms with Crippen molar-refractivity contribution in [3.05, 3.63) is 63.7 Å². The lowest BCUT2D eigenvalue weighted by atomic mass is 9.94. The number of nitrogens with zero attached hydrogens (tertiary/aromatic N) is 6. The van der Waals surface area contributed by atoms with Gasteiger partial charge in [-0.15, -0.1) is 5.10 Å². The van der Waals surface area contributed by atoms with E-state index in [0.29, 0.717) is 43.1 Å². The number of aryl methyl sites for hydroxylation is 1. The molecule has 2 aliphatic rings. The third-order valence-corrected chi connectivity index (χ3v) is 7.75. The molecule has 1 saturated carbocycles. The number of benzene rings is 2. The van der Waals surface area contributed by atoms with E-state index in [1.807, 2.05) is 4.90 Å². The van der Waals surface area contributed by atoms with Crippen molar-refractivity contribution in [3.8, 4) is 0 Å². The monoisotopic (exact) mass is 599 g/mol. The summed E-state index contributed by atoms with van der Waals surface area (Å²) >= 11 is 0. The zero-order chi connectivity index (χ0) is 30.2. The Balaban J connectivity index is 1.64. The molecule has 1 fully saturated rings. The maximum Gasteiger partial charge on any atom is 0.416 e. The summed E-state index contributed by atoms with van der Waals surface area (Å²) < 4.78 is 96.7. The Morgan fingerprint density at radius 3 is 2.36 bits per heavy atom. The lowest BCUT2D eigenvalue weighted by Crippen LogP contribution is -2.31. The summed E-state index contributed by atoms with van der Waals surface area (Å²) in [5, 5.41) is 12.6. The van der Waals surface area contributed by atoms with Crippen LogP contribution in [0.1, 0.15) is 65.1 Å². The van der Waals surface area contributed by atoms with Crippen LogP contribution in [0.3, 0.4) is 0 Å². The Morgan fingerprint density at radius 1 is 0.976 bits per heavy atom. The number of fused-ring (bicyclic) bond motifs is 1. The third-order valence-electron chi connectivity index (χ3n) is 7.75. The Morgan fingerprint density at radius 2 is 1.71 bits per heavy atom. The molecule has 1 aromatic heterocycles. The van der Waals surface area contributed by atoms with Gasteiger partial charge in [-0.1, -0.05) is 17.2 Å². The van der Waals surface area contributed by atoms with Crippen LogP contribution >= 0.6 is 0 Å². The van der Waals surface area contributed by atoms with Crippen molar-refractivity contribution in [2.24, 2.45) is 11.7 Å². The number of hydrogen-bond donors (Lipinski definition) is 1. The zero-order valence-electron chi connectivity index (χ0n) is 23.0. The van der Waals surface area contributed by atoms with Gasteiger partial charge in [-0.05, 0) is 84.2 Å². The standard InChI is InChI=1S/C28H32F7N7/c1-17-9-22-24(3-2-7-40(15-18-4-5-18)25(22)13-23(17)28(33,34)35)41(26-37-39-42(38-26)8-6-36)16-20-10-19(14-29)11-21(12-20)27(30,31)32/h9-13,18,24H,2-8,14-16,36H2,1H3/t24-/m0/s1. The van der Waals surface area contributed by atoms with Crippen LogP contribution in [0.5, 0.6) is 0 Å². The second-order valence-corrected chi connectivity index (χ2v) is 11.0. The molecular weight excluding hydrogens is 567 g/mol. The Bertz CT molecular complexity index is 1400. The molecule has 0 unspecified atom stereocenters. The molecule has 1 atom stereocenters. The molecule has 0 bridgehead atoms. The van der Waals surface area contributed by atoms with E-state index in [1.165, 1.54) is 29.9 Å². The molecule has 1 aliphatic carbocycles. The van der Waals surface area contributed by atoms with Crippen molar-refractivity contribution in [1.82, 2.24) is 20.2 Å². The quantitative estimate of drug-likeness (QED) is 0.295. The zero-order valence-corrected chi connectivity index (χ0v) is 23.0. The first-order valence-corrected chi connectivity index (χ1v) is 13.8. The van der Waals surface area contributed by atoms with Crippen molar-refractivity contribution < 1.29 is 30.7 Å². The summed E-state index contributed by atoms with van der Waals surface area (Å²) in [6.07, 6.45) is -6.15. The van der Waals surface area contributed by atoms with Gasteiger partial charge in [0.05, 0.1) is 23.7 Å². The molecule has 228 valence electrons. The highest BCUT2D eigenvalue weighted by Crippen LogP contribution is 2.45. The average molecular weight is 600 g/mol. The summed E-state index contributed by atoms with van der Waals surface area (Å²) in [6, 6.07) is 5.18. The maximum absolute atomic E-state index is 14.0. The molecule has 2 heterocycles. The smallest absolute Gasteiger partial charge is 0.371 e. The summed E-state index contributed by atoms with van der Waals surface area (Å²) in [4.78, 5) is 4.91. The molecule has 0 amide bonds. The van der Waals surface area contributed by atoms with E-state index in [4.69, 9.17) is 5.73 Å². The molecule has 0 saturated heterocycles. The number of aromatic nitrogens is 4. The van der Waals surface area contributed by atoms with Crippen molar-refractivity contribution >= 4 is 11.6 Å². The summed E-state index contributed by atoms with van der Waals surface area (Å²) in [5.74, 6) is 0.495. The van der Waals surface area contributed by atoms with Crippen LogP contribution in [-0.4, -0.2) is 39.8 Å². The van der Waals surface area contributed by atoms with E-state index >= 15 is 0 Å². The lowest BCUT2D eigenvalue weighted by Gasteiger charge is -2.33. The van der Waals surface area contributed by atoms with Gasteiger partial charge in [-0.25, -0.2) is 4.39 Å². The van der Waals surface area contributed by atoms with E-state index in [-0.39, 0.29) is 42.3 Å². The molecular formula is C28H32F7N7. The predicted octanol–water partition coefficient (Wildman–Crippen LogP) is 6.21. The molecule has 5 rings (SSSR count). The van der Waals surface area contributed by atoms with E-state index < -0.39 is 36.2 Å². The Hall–Kier alpha value is -3.42. The fraction of sp³-hybridized carbons (Fsp3) is 0.536. The van der Waals surface area contributed by atoms with Crippen LogP contribution in [0, 0.1) is 12.8 Å². The molecule has 2 N–H and O–H groups in total. The first kappa shape index (κ1) is 30.1. The van der Waals surface area contributed by atoms with Gasteiger partial charge in [-0.3, -0.25) is 0 Å². The third kappa shape index (κ3) is 6.63. The molecule has 2 aromatic carbocycles. The van der Waals surface area contributed by atoms with Gasteiger partial charge in [0.1, 0.15) is 6.67 Å². The highest BCUT2D eigenvalue weighted by molar-refractivity contribution is 5.62. The summed E-state index contributed by atoms with van der Waals surface area (Å²) in [5.41, 5.74) is 5.02. The van der Waals surface area contributed by atoms with Crippen LogP contribution in [0.15, 0.2) is 30.3 Å². The number of tetrazole rings is 1. The number of anilines is 2. The van der Waals surface area contributed by atoms with Crippen molar-refractivity contribution in [2.75, 3.05) is 29.4 Å². The van der Waals surface area contributed by atoms with Gasteiger partial charge in [-0.2, -0.15) is 31.1 Å². The van der Waals surface area contributed by atoms with Gasteiger partial charge in [0.15, 0.2) is 0 Å². The van der Waals surface area contributed by atoms with Gasteiger partial charge in [0.2, 0.25) is 0 Å². The SMILES string of the molecule is Cc1cc2c(cc1C(F)(F)F)N(CC1CC1)CCC[C@@H]2N(Cc1cc(CF)cc(C(F)(F)F)c1)c1nnn(CCN)n1. The normalized spacial score (nSPS) is 17.7. The molecule has 7 nitrogen and oxygen atoms in total. The minimum Gasteiger partial charge on any atom is -0.371 e. The van der Waals surface area contributed by atoms with E-state index in [1.54, 1.807) is 4.90 Å². The second-order valence-electron chi connectivity index (χ2n) is 11.0. The average Bonchev–Trinajstić information content (AvgIpc) is 3.65. The largest absolute Gasteiger partial charge is 0.416 e. The Kier molecular flexibility index (Phi) is 8.37. The molecule has 42 heavy (non-hydrogen) atoms. The highest BCUT2D eigenvalue weighted by Gasteiger charge is 2.38.